The quantitative estimate of drug-likeness (QED) is 0.722. The number of hydrogen-bond acceptors (Lipinski definition) is 4. The van der Waals surface area contributed by atoms with Gasteiger partial charge in [-0.05, 0) is 75.7 Å². The normalized spacial score (nSPS) is 14.1. The van der Waals surface area contributed by atoms with Crippen molar-refractivity contribution in [2.24, 2.45) is 0 Å². The van der Waals surface area contributed by atoms with Gasteiger partial charge < -0.3 is 10.2 Å². The van der Waals surface area contributed by atoms with E-state index in [0.29, 0.717) is 11.3 Å². The number of amides is 1. The highest BCUT2D eigenvalue weighted by Gasteiger charge is 2.28. The third-order valence-electron chi connectivity index (χ3n) is 4.85. The zero-order chi connectivity index (χ0) is 21.2. The molecule has 1 heterocycles. The van der Waals surface area contributed by atoms with E-state index in [1.54, 1.807) is 45.0 Å². The lowest BCUT2D eigenvalue weighted by molar-refractivity contribution is 0.102. The number of sulfonamides is 1. The second-order valence-electron chi connectivity index (χ2n) is 8.12. The summed E-state index contributed by atoms with van der Waals surface area (Å²) in [6, 6.07) is 12.4. The molecular formula is C22H27N3O3S. The van der Waals surface area contributed by atoms with E-state index in [9.17, 15) is 13.2 Å². The zero-order valence-electron chi connectivity index (χ0n) is 17.2. The van der Waals surface area contributed by atoms with Gasteiger partial charge in [-0.15, -0.1) is 0 Å². The Labute approximate surface area is 172 Å². The van der Waals surface area contributed by atoms with E-state index >= 15 is 0 Å². The molecule has 0 saturated carbocycles. The second-order valence-corrected chi connectivity index (χ2v) is 10.6. The number of carbonyl (C=O) groups excluding carboxylic acids is 1. The van der Waals surface area contributed by atoms with Crippen molar-refractivity contribution in [3.05, 3.63) is 65.7 Å². The molecule has 0 aliphatic carbocycles. The Morgan fingerprint density at radius 1 is 1.00 bits per heavy atom. The Bertz CT molecular complexity index is 1030. The molecular weight excluding hydrogens is 386 g/mol. The van der Waals surface area contributed by atoms with E-state index in [1.165, 1.54) is 0 Å². The predicted molar refractivity (Wildman–Crippen MR) is 119 cm³/mol. The minimum atomic E-state index is -3.51. The number of rotatable bonds is 5. The van der Waals surface area contributed by atoms with Gasteiger partial charge in [0.2, 0.25) is 10.0 Å². The van der Waals surface area contributed by atoms with Crippen molar-refractivity contribution in [3.63, 3.8) is 0 Å². The molecule has 1 aliphatic rings. The molecule has 2 N–H and O–H groups in total. The third kappa shape index (κ3) is 4.79. The summed E-state index contributed by atoms with van der Waals surface area (Å²) >= 11 is 0. The van der Waals surface area contributed by atoms with E-state index in [4.69, 9.17) is 0 Å². The Hall–Kier alpha value is -2.80. The largest absolute Gasteiger partial charge is 0.364 e. The first-order valence-corrected chi connectivity index (χ1v) is 11.0. The standard InChI is InChI=1S/C22H27N3O3S/c1-16-15-19(25-13-5-6-14-25)11-12-20(16)23-21(26)17-7-9-18(10-8-17)24-29(27,28)22(2,3)4/h5-12,15,24H,13-14H2,1-4H3,(H,23,26). The van der Waals surface area contributed by atoms with Gasteiger partial charge in [0.25, 0.3) is 5.91 Å². The highest BCUT2D eigenvalue weighted by molar-refractivity contribution is 7.94. The molecule has 1 amide bonds. The highest BCUT2D eigenvalue weighted by Crippen LogP contribution is 2.25. The summed E-state index contributed by atoms with van der Waals surface area (Å²) in [6.07, 6.45) is 4.27. The molecule has 0 spiro atoms. The number of hydrogen-bond donors (Lipinski definition) is 2. The lowest BCUT2D eigenvalue weighted by atomic mass is 10.1. The maximum absolute atomic E-state index is 12.6. The first kappa shape index (κ1) is 20.9. The van der Waals surface area contributed by atoms with E-state index in [1.807, 2.05) is 19.1 Å². The number of aryl methyl sites for hydroxylation is 1. The van der Waals surface area contributed by atoms with Gasteiger partial charge in [-0.2, -0.15) is 0 Å². The van der Waals surface area contributed by atoms with Crippen LogP contribution in [0.3, 0.4) is 0 Å². The highest BCUT2D eigenvalue weighted by atomic mass is 32.2. The molecule has 0 atom stereocenters. The molecule has 6 nitrogen and oxygen atoms in total. The minimum absolute atomic E-state index is 0.242. The molecule has 0 fully saturated rings. The van der Waals surface area contributed by atoms with E-state index < -0.39 is 14.8 Å². The molecule has 2 aromatic rings. The summed E-state index contributed by atoms with van der Waals surface area (Å²) in [4.78, 5) is 14.8. The second kappa shape index (κ2) is 7.91. The van der Waals surface area contributed by atoms with Crippen LogP contribution < -0.4 is 14.9 Å². The first-order valence-electron chi connectivity index (χ1n) is 9.51. The number of carbonyl (C=O) groups is 1. The summed E-state index contributed by atoms with van der Waals surface area (Å²) in [5, 5.41) is 2.92. The molecule has 3 rings (SSSR count). The molecule has 7 heteroatoms. The maximum Gasteiger partial charge on any atom is 0.255 e. The Balaban J connectivity index is 1.68. The monoisotopic (exact) mass is 413 g/mol. The summed E-state index contributed by atoms with van der Waals surface area (Å²) in [5.74, 6) is -0.242. The number of nitrogens with one attached hydrogen (secondary N) is 2. The molecule has 29 heavy (non-hydrogen) atoms. The van der Waals surface area contributed by atoms with Crippen molar-refractivity contribution in [3.8, 4) is 0 Å². The van der Waals surface area contributed by atoms with Crippen LogP contribution in [0.4, 0.5) is 17.1 Å². The third-order valence-corrected chi connectivity index (χ3v) is 6.96. The summed E-state index contributed by atoms with van der Waals surface area (Å²) in [7, 11) is -3.51. The Morgan fingerprint density at radius 2 is 1.62 bits per heavy atom. The van der Waals surface area contributed by atoms with Crippen molar-refractivity contribution in [1.82, 2.24) is 0 Å². The lowest BCUT2D eigenvalue weighted by Gasteiger charge is -2.20. The van der Waals surface area contributed by atoms with Gasteiger partial charge in [0.15, 0.2) is 0 Å². The molecule has 2 aromatic carbocycles. The molecule has 1 aliphatic heterocycles. The molecule has 0 radical (unpaired) electrons. The van der Waals surface area contributed by atoms with Gasteiger partial charge in [-0.1, -0.05) is 12.2 Å². The predicted octanol–water partition coefficient (Wildman–Crippen LogP) is 4.16. The van der Waals surface area contributed by atoms with Crippen LogP contribution in [-0.2, 0) is 10.0 Å². The summed E-state index contributed by atoms with van der Waals surface area (Å²) < 4.78 is 26.1. The smallest absolute Gasteiger partial charge is 0.255 e. The van der Waals surface area contributed by atoms with Gasteiger partial charge in [-0.25, -0.2) is 8.42 Å². The molecule has 154 valence electrons. The summed E-state index contributed by atoms with van der Waals surface area (Å²) in [6.45, 7) is 8.65. The van der Waals surface area contributed by atoms with Crippen LogP contribution in [0.25, 0.3) is 0 Å². The first-order chi connectivity index (χ1) is 13.6. The number of benzene rings is 2. The van der Waals surface area contributed by atoms with E-state index in [0.717, 1.165) is 30.0 Å². The number of nitrogens with zero attached hydrogens (tertiary/aromatic N) is 1. The molecule has 0 saturated heterocycles. The molecule has 0 unspecified atom stereocenters. The van der Waals surface area contributed by atoms with Crippen LogP contribution in [0.1, 0.15) is 36.7 Å². The van der Waals surface area contributed by atoms with Gasteiger partial charge in [-0.3, -0.25) is 9.52 Å². The average Bonchev–Trinajstić information content (AvgIpc) is 3.17. The minimum Gasteiger partial charge on any atom is -0.364 e. The van der Waals surface area contributed by atoms with Crippen molar-refractivity contribution in [1.29, 1.82) is 0 Å². The van der Waals surface area contributed by atoms with Crippen LogP contribution in [0.2, 0.25) is 0 Å². The number of anilines is 3. The van der Waals surface area contributed by atoms with Gasteiger partial charge in [0.05, 0.1) is 4.75 Å². The van der Waals surface area contributed by atoms with Crippen LogP contribution in [-0.4, -0.2) is 32.2 Å². The zero-order valence-corrected chi connectivity index (χ0v) is 18.0. The maximum atomic E-state index is 12.6. The van der Waals surface area contributed by atoms with Crippen LogP contribution >= 0.6 is 0 Å². The molecule has 0 bridgehead atoms. The van der Waals surface area contributed by atoms with Crippen LogP contribution in [0.5, 0.6) is 0 Å². The molecule has 0 aromatic heterocycles. The SMILES string of the molecule is Cc1cc(N2CC=CC2)ccc1NC(=O)c1ccc(NS(=O)(=O)C(C)(C)C)cc1. The van der Waals surface area contributed by atoms with Crippen molar-refractivity contribution >= 4 is 33.0 Å². The van der Waals surface area contributed by atoms with Crippen LogP contribution in [0.15, 0.2) is 54.6 Å². The van der Waals surface area contributed by atoms with Crippen molar-refractivity contribution in [2.75, 3.05) is 28.0 Å². The fourth-order valence-electron chi connectivity index (χ4n) is 2.87. The van der Waals surface area contributed by atoms with Crippen molar-refractivity contribution in [2.45, 2.75) is 32.4 Å². The lowest BCUT2D eigenvalue weighted by Crippen LogP contribution is -2.33. The Morgan fingerprint density at radius 3 is 2.17 bits per heavy atom. The van der Waals surface area contributed by atoms with Gasteiger partial charge >= 0.3 is 0 Å². The van der Waals surface area contributed by atoms with Crippen LogP contribution in [0, 0.1) is 6.92 Å². The van der Waals surface area contributed by atoms with Gasteiger partial charge in [0, 0.05) is 35.7 Å². The summed E-state index contributed by atoms with van der Waals surface area (Å²) in [5.41, 5.74) is 3.74. The average molecular weight is 414 g/mol. The van der Waals surface area contributed by atoms with Gasteiger partial charge in [0.1, 0.15) is 0 Å². The fourth-order valence-corrected chi connectivity index (χ4v) is 3.62. The van der Waals surface area contributed by atoms with Crippen molar-refractivity contribution < 1.29 is 13.2 Å². The van der Waals surface area contributed by atoms with E-state index in [-0.39, 0.29) is 5.91 Å². The fraction of sp³-hybridized carbons (Fsp3) is 0.318. The Kier molecular flexibility index (Phi) is 5.71. The topological polar surface area (TPSA) is 78.5 Å². The van der Waals surface area contributed by atoms with E-state index in [2.05, 4.69) is 33.2 Å².